The molecular formula is C12H22N4. The van der Waals surface area contributed by atoms with Gasteiger partial charge >= 0.3 is 0 Å². The second kappa shape index (κ2) is 6.43. The fourth-order valence-electron chi connectivity index (χ4n) is 1.32. The topological polar surface area (TPSA) is 49.8 Å². The van der Waals surface area contributed by atoms with Crippen molar-refractivity contribution >= 4 is 5.82 Å². The predicted octanol–water partition coefficient (Wildman–Crippen LogP) is 2.04. The second-order valence-corrected chi connectivity index (χ2v) is 4.73. The number of hydrogen-bond donors (Lipinski definition) is 2. The van der Waals surface area contributed by atoms with Crippen molar-refractivity contribution < 1.29 is 0 Å². The molecule has 0 saturated carbocycles. The maximum absolute atomic E-state index is 4.15. The van der Waals surface area contributed by atoms with Crippen LogP contribution in [0.1, 0.15) is 33.4 Å². The average Bonchev–Trinajstić information content (AvgIpc) is 2.19. The molecule has 0 atom stereocenters. The highest BCUT2D eigenvalue weighted by Gasteiger charge is 1.99. The molecule has 0 radical (unpaired) electrons. The fourth-order valence-corrected chi connectivity index (χ4v) is 1.32. The molecule has 0 fully saturated rings. The van der Waals surface area contributed by atoms with Crippen LogP contribution in [0.4, 0.5) is 5.82 Å². The molecule has 1 heterocycles. The minimum Gasteiger partial charge on any atom is -0.366 e. The Bertz CT molecular complexity index is 292. The number of nitrogens with one attached hydrogen (secondary N) is 2. The van der Waals surface area contributed by atoms with E-state index < -0.39 is 0 Å². The summed E-state index contributed by atoms with van der Waals surface area (Å²) in [6, 6.07) is 4.36. The van der Waals surface area contributed by atoms with E-state index in [9.17, 15) is 0 Å². The van der Waals surface area contributed by atoms with E-state index in [4.69, 9.17) is 0 Å². The highest BCUT2D eigenvalue weighted by molar-refractivity contribution is 5.33. The lowest BCUT2D eigenvalue weighted by Crippen LogP contribution is -2.20. The Morgan fingerprint density at radius 1 is 1.12 bits per heavy atom. The van der Waals surface area contributed by atoms with Gasteiger partial charge in [-0.1, -0.05) is 13.8 Å². The van der Waals surface area contributed by atoms with Crippen LogP contribution in [0.2, 0.25) is 0 Å². The Hall–Kier alpha value is -1.16. The largest absolute Gasteiger partial charge is 0.366 e. The molecule has 4 nitrogen and oxygen atoms in total. The first-order valence-electron chi connectivity index (χ1n) is 5.87. The molecule has 0 aliphatic heterocycles. The van der Waals surface area contributed by atoms with Crippen LogP contribution in [0.3, 0.4) is 0 Å². The molecule has 2 N–H and O–H groups in total. The maximum atomic E-state index is 4.15. The van der Waals surface area contributed by atoms with Crippen molar-refractivity contribution in [3.63, 3.8) is 0 Å². The van der Waals surface area contributed by atoms with E-state index >= 15 is 0 Å². The molecule has 0 bridgehead atoms. The number of anilines is 1. The molecule has 0 unspecified atom stereocenters. The van der Waals surface area contributed by atoms with Crippen molar-refractivity contribution in [2.24, 2.45) is 5.92 Å². The molecule has 0 aliphatic carbocycles. The molecule has 0 saturated heterocycles. The van der Waals surface area contributed by atoms with Gasteiger partial charge in [-0.2, -0.15) is 5.10 Å². The Morgan fingerprint density at radius 3 is 2.38 bits per heavy atom. The van der Waals surface area contributed by atoms with E-state index in [-0.39, 0.29) is 0 Å². The summed E-state index contributed by atoms with van der Waals surface area (Å²) in [5.41, 5.74) is 0.981. The predicted molar refractivity (Wildman–Crippen MR) is 67.3 cm³/mol. The lowest BCUT2D eigenvalue weighted by molar-refractivity contribution is 0.546. The van der Waals surface area contributed by atoms with Crippen LogP contribution in [-0.4, -0.2) is 22.8 Å². The fraction of sp³-hybridized carbons (Fsp3) is 0.667. The maximum Gasteiger partial charge on any atom is 0.148 e. The van der Waals surface area contributed by atoms with Gasteiger partial charge in [-0.05, 0) is 38.4 Å². The first-order chi connectivity index (χ1) is 7.58. The standard InChI is InChI=1S/C12H22N4/c1-9(2)7-13-8-11-5-6-12(16-15-11)14-10(3)4/h5-6,9-10,13H,7-8H2,1-4H3,(H,14,16). The Balaban J connectivity index is 2.39. The van der Waals surface area contributed by atoms with E-state index in [1.54, 1.807) is 0 Å². The summed E-state index contributed by atoms with van der Waals surface area (Å²) in [4.78, 5) is 0. The lowest BCUT2D eigenvalue weighted by Gasteiger charge is -2.09. The van der Waals surface area contributed by atoms with Gasteiger partial charge in [0.15, 0.2) is 0 Å². The number of hydrogen-bond acceptors (Lipinski definition) is 4. The molecule has 4 heteroatoms. The number of aromatic nitrogens is 2. The van der Waals surface area contributed by atoms with E-state index in [2.05, 4.69) is 48.5 Å². The van der Waals surface area contributed by atoms with E-state index in [1.807, 2.05) is 12.1 Å². The average molecular weight is 222 g/mol. The third-order valence-corrected chi connectivity index (χ3v) is 2.02. The zero-order chi connectivity index (χ0) is 12.0. The molecule has 16 heavy (non-hydrogen) atoms. The van der Waals surface area contributed by atoms with Gasteiger partial charge in [-0.15, -0.1) is 5.10 Å². The molecule has 0 spiro atoms. The zero-order valence-corrected chi connectivity index (χ0v) is 10.6. The summed E-state index contributed by atoms with van der Waals surface area (Å²) in [6.07, 6.45) is 0. The van der Waals surface area contributed by atoms with Gasteiger partial charge < -0.3 is 10.6 Å². The molecule has 1 aromatic heterocycles. The summed E-state index contributed by atoms with van der Waals surface area (Å²) >= 11 is 0. The van der Waals surface area contributed by atoms with Gasteiger partial charge in [0.25, 0.3) is 0 Å². The molecule has 90 valence electrons. The second-order valence-electron chi connectivity index (χ2n) is 4.73. The first kappa shape index (κ1) is 12.9. The van der Waals surface area contributed by atoms with Gasteiger partial charge in [-0.3, -0.25) is 0 Å². The van der Waals surface area contributed by atoms with Crippen LogP contribution in [0, 0.1) is 5.92 Å². The van der Waals surface area contributed by atoms with Crippen molar-refractivity contribution in [3.05, 3.63) is 17.8 Å². The van der Waals surface area contributed by atoms with Crippen LogP contribution >= 0.6 is 0 Å². The quantitative estimate of drug-likeness (QED) is 0.773. The van der Waals surface area contributed by atoms with Crippen molar-refractivity contribution in [2.75, 3.05) is 11.9 Å². The van der Waals surface area contributed by atoms with E-state index in [0.717, 1.165) is 24.6 Å². The Morgan fingerprint density at radius 2 is 1.88 bits per heavy atom. The summed E-state index contributed by atoms with van der Waals surface area (Å²) in [7, 11) is 0. The normalized spacial score (nSPS) is 11.1. The highest BCUT2D eigenvalue weighted by atomic mass is 15.2. The van der Waals surface area contributed by atoms with Gasteiger partial charge in [0.2, 0.25) is 0 Å². The van der Waals surface area contributed by atoms with Gasteiger partial charge in [0, 0.05) is 12.6 Å². The monoisotopic (exact) mass is 222 g/mol. The van der Waals surface area contributed by atoms with Crippen LogP contribution in [0.15, 0.2) is 12.1 Å². The van der Waals surface area contributed by atoms with E-state index in [0.29, 0.717) is 12.0 Å². The summed E-state index contributed by atoms with van der Waals surface area (Å²) in [5.74, 6) is 1.50. The number of rotatable bonds is 6. The molecule has 1 aromatic rings. The minimum absolute atomic E-state index is 0.388. The Labute approximate surface area is 97.9 Å². The molecule has 0 aliphatic rings. The zero-order valence-electron chi connectivity index (χ0n) is 10.6. The molecule has 0 aromatic carbocycles. The minimum atomic E-state index is 0.388. The molecule has 0 amide bonds. The van der Waals surface area contributed by atoms with Crippen molar-refractivity contribution in [1.29, 1.82) is 0 Å². The van der Waals surface area contributed by atoms with Crippen molar-refractivity contribution in [2.45, 2.75) is 40.3 Å². The molecule has 1 rings (SSSR count). The van der Waals surface area contributed by atoms with Crippen LogP contribution < -0.4 is 10.6 Å². The number of nitrogens with zero attached hydrogens (tertiary/aromatic N) is 2. The smallest absolute Gasteiger partial charge is 0.148 e. The third kappa shape index (κ3) is 5.07. The van der Waals surface area contributed by atoms with Gasteiger partial charge in [0.1, 0.15) is 5.82 Å². The Kier molecular flexibility index (Phi) is 5.19. The molecular weight excluding hydrogens is 200 g/mol. The van der Waals surface area contributed by atoms with Crippen molar-refractivity contribution in [1.82, 2.24) is 15.5 Å². The van der Waals surface area contributed by atoms with Crippen LogP contribution in [-0.2, 0) is 6.54 Å². The van der Waals surface area contributed by atoms with Gasteiger partial charge in [0.05, 0.1) is 5.69 Å². The lowest BCUT2D eigenvalue weighted by atomic mass is 10.2. The van der Waals surface area contributed by atoms with Crippen LogP contribution in [0.5, 0.6) is 0 Å². The van der Waals surface area contributed by atoms with Crippen LogP contribution in [0.25, 0.3) is 0 Å². The summed E-state index contributed by atoms with van der Waals surface area (Å²) in [5, 5.41) is 14.8. The summed E-state index contributed by atoms with van der Waals surface area (Å²) in [6.45, 7) is 10.3. The third-order valence-electron chi connectivity index (χ3n) is 2.02. The SMILES string of the molecule is CC(C)CNCc1ccc(NC(C)C)nn1. The first-order valence-corrected chi connectivity index (χ1v) is 5.87. The summed E-state index contributed by atoms with van der Waals surface area (Å²) < 4.78 is 0. The van der Waals surface area contributed by atoms with Gasteiger partial charge in [-0.25, -0.2) is 0 Å². The van der Waals surface area contributed by atoms with E-state index in [1.165, 1.54) is 0 Å². The highest BCUT2D eigenvalue weighted by Crippen LogP contribution is 2.03. The van der Waals surface area contributed by atoms with Crippen molar-refractivity contribution in [3.8, 4) is 0 Å².